The molecular weight excluding hydrogens is 212 g/mol. The molecule has 0 aliphatic carbocycles. The van der Waals surface area contributed by atoms with Gasteiger partial charge < -0.3 is 5.73 Å². The number of benzene rings is 1. The second-order valence-electron chi connectivity index (χ2n) is 2.44. The van der Waals surface area contributed by atoms with E-state index in [0.29, 0.717) is 6.54 Å². The number of hydrogen-bond donors (Lipinski definition) is 1. The first-order valence-electron chi connectivity index (χ1n) is 3.66. The van der Waals surface area contributed by atoms with E-state index in [1.54, 1.807) is 12.2 Å². The SMILES string of the molecule is NC/C=C/c1cc(Cl)c(F)c(Cl)c1. The molecule has 0 radical (unpaired) electrons. The van der Waals surface area contributed by atoms with Gasteiger partial charge in [-0.15, -0.1) is 0 Å². The number of rotatable bonds is 2. The van der Waals surface area contributed by atoms with Gasteiger partial charge in [0.25, 0.3) is 0 Å². The Morgan fingerprint density at radius 3 is 2.31 bits per heavy atom. The van der Waals surface area contributed by atoms with Crippen molar-refractivity contribution in [1.82, 2.24) is 0 Å². The molecule has 1 aromatic carbocycles. The summed E-state index contributed by atoms with van der Waals surface area (Å²) in [6.45, 7) is 0.423. The predicted molar refractivity (Wildman–Crippen MR) is 54.5 cm³/mol. The monoisotopic (exact) mass is 219 g/mol. The first kappa shape index (κ1) is 10.5. The fraction of sp³-hybridized carbons (Fsp3) is 0.111. The van der Waals surface area contributed by atoms with Gasteiger partial charge in [0, 0.05) is 6.54 Å². The normalized spacial score (nSPS) is 11.1. The van der Waals surface area contributed by atoms with Crippen molar-refractivity contribution in [2.75, 3.05) is 6.54 Å². The van der Waals surface area contributed by atoms with Crippen LogP contribution in [0.15, 0.2) is 18.2 Å². The van der Waals surface area contributed by atoms with Gasteiger partial charge in [-0.05, 0) is 17.7 Å². The summed E-state index contributed by atoms with van der Waals surface area (Å²) in [5, 5.41) is 0.0355. The van der Waals surface area contributed by atoms with Gasteiger partial charge in [-0.3, -0.25) is 0 Å². The van der Waals surface area contributed by atoms with Crippen LogP contribution in [0.2, 0.25) is 10.0 Å². The zero-order valence-corrected chi connectivity index (χ0v) is 8.24. The maximum absolute atomic E-state index is 12.9. The molecule has 1 nitrogen and oxygen atoms in total. The predicted octanol–water partition coefficient (Wildman–Crippen LogP) is 3.10. The van der Waals surface area contributed by atoms with Gasteiger partial charge in [-0.1, -0.05) is 35.4 Å². The second kappa shape index (κ2) is 4.61. The summed E-state index contributed by atoms with van der Waals surface area (Å²) < 4.78 is 12.9. The number of hydrogen-bond acceptors (Lipinski definition) is 1. The Morgan fingerprint density at radius 2 is 1.85 bits per heavy atom. The van der Waals surface area contributed by atoms with Crippen LogP contribution < -0.4 is 5.73 Å². The van der Waals surface area contributed by atoms with Crippen LogP contribution in [0.3, 0.4) is 0 Å². The lowest BCUT2D eigenvalue weighted by molar-refractivity contribution is 0.628. The Bertz CT molecular complexity index is 313. The van der Waals surface area contributed by atoms with Crippen molar-refractivity contribution in [2.24, 2.45) is 5.73 Å². The quantitative estimate of drug-likeness (QED) is 0.761. The summed E-state index contributed by atoms with van der Waals surface area (Å²) in [5.41, 5.74) is 5.99. The fourth-order valence-electron chi connectivity index (χ4n) is 0.875. The van der Waals surface area contributed by atoms with E-state index in [4.69, 9.17) is 28.9 Å². The molecule has 0 heterocycles. The third kappa shape index (κ3) is 2.69. The van der Waals surface area contributed by atoms with Crippen molar-refractivity contribution in [2.45, 2.75) is 0 Å². The molecule has 2 N–H and O–H groups in total. The molecule has 13 heavy (non-hydrogen) atoms. The average molecular weight is 220 g/mol. The molecule has 0 saturated heterocycles. The van der Waals surface area contributed by atoms with Gasteiger partial charge in [0.05, 0.1) is 10.0 Å². The van der Waals surface area contributed by atoms with Crippen LogP contribution in [0.4, 0.5) is 4.39 Å². The molecule has 0 amide bonds. The highest BCUT2D eigenvalue weighted by atomic mass is 35.5. The van der Waals surface area contributed by atoms with Crippen LogP contribution in [0.25, 0.3) is 6.08 Å². The Morgan fingerprint density at radius 1 is 1.31 bits per heavy atom. The summed E-state index contributed by atoms with van der Waals surface area (Å²) in [7, 11) is 0. The molecule has 0 aromatic heterocycles. The fourth-order valence-corrected chi connectivity index (χ4v) is 1.38. The van der Waals surface area contributed by atoms with Crippen LogP contribution >= 0.6 is 23.2 Å². The summed E-state index contributed by atoms with van der Waals surface area (Å²) >= 11 is 11.1. The maximum atomic E-state index is 12.9. The van der Waals surface area contributed by atoms with Crippen molar-refractivity contribution in [1.29, 1.82) is 0 Å². The number of nitrogens with two attached hydrogens (primary N) is 1. The summed E-state index contributed by atoms with van der Waals surface area (Å²) in [5.74, 6) is -0.590. The molecular formula is C9H8Cl2FN. The van der Waals surface area contributed by atoms with E-state index < -0.39 is 5.82 Å². The van der Waals surface area contributed by atoms with Crippen LogP contribution in [-0.2, 0) is 0 Å². The van der Waals surface area contributed by atoms with Crippen LogP contribution in [0, 0.1) is 5.82 Å². The molecule has 0 aliphatic rings. The van der Waals surface area contributed by atoms with E-state index in [9.17, 15) is 4.39 Å². The van der Waals surface area contributed by atoms with Gasteiger partial charge in [0.2, 0.25) is 0 Å². The molecule has 0 unspecified atom stereocenters. The lowest BCUT2D eigenvalue weighted by Gasteiger charge is -1.99. The van der Waals surface area contributed by atoms with Crippen molar-refractivity contribution >= 4 is 29.3 Å². The minimum atomic E-state index is -0.590. The lowest BCUT2D eigenvalue weighted by atomic mass is 10.2. The first-order valence-corrected chi connectivity index (χ1v) is 4.42. The summed E-state index contributed by atoms with van der Waals surface area (Å²) in [6.07, 6.45) is 3.47. The molecule has 1 rings (SSSR count). The van der Waals surface area contributed by atoms with E-state index in [0.717, 1.165) is 5.56 Å². The van der Waals surface area contributed by atoms with E-state index in [1.807, 2.05) is 0 Å². The van der Waals surface area contributed by atoms with E-state index in [2.05, 4.69) is 0 Å². The van der Waals surface area contributed by atoms with Gasteiger partial charge in [-0.2, -0.15) is 0 Å². The highest BCUT2D eigenvalue weighted by molar-refractivity contribution is 6.35. The lowest BCUT2D eigenvalue weighted by Crippen LogP contribution is -1.92. The third-order valence-electron chi connectivity index (χ3n) is 1.45. The van der Waals surface area contributed by atoms with Gasteiger partial charge >= 0.3 is 0 Å². The minimum Gasteiger partial charge on any atom is -0.327 e. The van der Waals surface area contributed by atoms with Crippen LogP contribution in [0.5, 0.6) is 0 Å². The van der Waals surface area contributed by atoms with Crippen LogP contribution in [-0.4, -0.2) is 6.54 Å². The van der Waals surface area contributed by atoms with Crippen molar-refractivity contribution in [3.8, 4) is 0 Å². The highest BCUT2D eigenvalue weighted by Crippen LogP contribution is 2.25. The molecule has 1 aromatic rings. The molecule has 0 saturated carbocycles. The van der Waals surface area contributed by atoms with Crippen LogP contribution in [0.1, 0.15) is 5.56 Å². The van der Waals surface area contributed by atoms with Gasteiger partial charge in [0.15, 0.2) is 5.82 Å². The topological polar surface area (TPSA) is 26.0 Å². The minimum absolute atomic E-state index is 0.0178. The summed E-state index contributed by atoms with van der Waals surface area (Å²) in [6, 6.07) is 2.99. The zero-order chi connectivity index (χ0) is 9.84. The van der Waals surface area contributed by atoms with Gasteiger partial charge in [-0.25, -0.2) is 4.39 Å². The van der Waals surface area contributed by atoms with Crippen molar-refractivity contribution in [3.05, 3.63) is 39.6 Å². The zero-order valence-electron chi connectivity index (χ0n) is 6.73. The maximum Gasteiger partial charge on any atom is 0.160 e. The smallest absolute Gasteiger partial charge is 0.160 e. The molecule has 0 atom stereocenters. The Hall–Kier alpha value is -0.570. The number of halogens is 3. The van der Waals surface area contributed by atoms with E-state index in [-0.39, 0.29) is 10.0 Å². The first-order chi connectivity index (χ1) is 6.15. The molecule has 0 fully saturated rings. The standard InChI is InChI=1S/C9H8Cl2FN/c10-7-4-6(2-1-3-13)5-8(11)9(7)12/h1-2,4-5H,3,13H2/b2-1+. The summed E-state index contributed by atoms with van der Waals surface area (Å²) in [4.78, 5) is 0. The molecule has 0 aliphatic heterocycles. The Kier molecular flexibility index (Phi) is 3.72. The van der Waals surface area contributed by atoms with E-state index in [1.165, 1.54) is 12.1 Å². The Balaban J connectivity index is 3.06. The molecule has 70 valence electrons. The molecule has 0 bridgehead atoms. The molecule has 4 heteroatoms. The largest absolute Gasteiger partial charge is 0.327 e. The highest BCUT2D eigenvalue weighted by Gasteiger charge is 2.05. The second-order valence-corrected chi connectivity index (χ2v) is 3.25. The van der Waals surface area contributed by atoms with E-state index >= 15 is 0 Å². The van der Waals surface area contributed by atoms with Crippen molar-refractivity contribution in [3.63, 3.8) is 0 Å². The van der Waals surface area contributed by atoms with Crippen molar-refractivity contribution < 1.29 is 4.39 Å². The third-order valence-corrected chi connectivity index (χ3v) is 2.00. The Labute approximate surface area is 85.9 Å². The average Bonchev–Trinajstić information content (AvgIpc) is 2.10. The van der Waals surface area contributed by atoms with Gasteiger partial charge in [0.1, 0.15) is 0 Å². The molecule has 0 spiro atoms.